The van der Waals surface area contributed by atoms with Gasteiger partial charge in [0.1, 0.15) is 11.6 Å². The number of aromatic nitrogens is 2. The topological polar surface area (TPSA) is 114 Å². The lowest BCUT2D eigenvalue weighted by Crippen LogP contribution is -2.42. The largest absolute Gasteiger partial charge is 0.467 e. The zero-order valence-electron chi connectivity index (χ0n) is 15.6. The average molecular weight is 374 g/mol. The first-order valence-corrected chi connectivity index (χ1v) is 9.49. The van der Waals surface area contributed by atoms with E-state index in [2.05, 4.69) is 4.98 Å². The van der Waals surface area contributed by atoms with Crippen LogP contribution in [-0.2, 0) is 17.9 Å². The molecule has 8 heteroatoms. The van der Waals surface area contributed by atoms with Crippen LogP contribution in [0.2, 0.25) is 0 Å². The van der Waals surface area contributed by atoms with Crippen molar-refractivity contribution in [3.8, 4) is 0 Å². The first kappa shape index (κ1) is 19.0. The highest BCUT2D eigenvalue weighted by Crippen LogP contribution is 2.30. The number of carbonyl (C=O) groups is 1. The molecule has 0 atom stereocenters. The molecule has 1 amide bonds. The summed E-state index contributed by atoms with van der Waals surface area (Å²) in [7, 11) is 0. The lowest BCUT2D eigenvalue weighted by molar-refractivity contribution is -0.122. The Morgan fingerprint density at radius 1 is 1.37 bits per heavy atom. The number of nitrogen functional groups attached to an aromatic ring is 1. The lowest BCUT2D eigenvalue weighted by Gasteiger charge is -2.26. The van der Waals surface area contributed by atoms with Crippen molar-refractivity contribution in [2.24, 2.45) is 5.92 Å². The standard InChI is InChI=1S/C19H26N4O4/c1-2-3-10-22-16(20)15(17(24)21-19(22)26)23(12-14-9-6-11-27-14)18(25)13-7-4-5-8-13/h6,9,11,13H,2-5,7-8,10,12,20H2,1H3,(H,21,24,26). The second-order valence-electron chi connectivity index (χ2n) is 6.98. The molecule has 2 aromatic rings. The number of hydrogen-bond acceptors (Lipinski definition) is 5. The molecule has 146 valence electrons. The third-order valence-corrected chi connectivity index (χ3v) is 5.08. The van der Waals surface area contributed by atoms with Gasteiger partial charge in [0.15, 0.2) is 5.69 Å². The van der Waals surface area contributed by atoms with Crippen LogP contribution in [0.15, 0.2) is 32.4 Å². The molecule has 2 aromatic heterocycles. The van der Waals surface area contributed by atoms with Crippen molar-refractivity contribution in [1.82, 2.24) is 9.55 Å². The zero-order chi connectivity index (χ0) is 19.4. The number of H-pyrrole nitrogens is 1. The molecule has 2 heterocycles. The molecule has 3 rings (SSSR count). The molecule has 0 saturated heterocycles. The van der Waals surface area contributed by atoms with Crippen LogP contribution in [0.4, 0.5) is 11.5 Å². The molecule has 27 heavy (non-hydrogen) atoms. The van der Waals surface area contributed by atoms with Crippen LogP contribution in [0.1, 0.15) is 51.2 Å². The Bertz CT molecular complexity index is 891. The first-order valence-electron chi connectivity index (χ1n) is 9.49. The van der Waals surface area contributed by atoms with E-state index in [-0.39, 0.29) is 29.9 Å². The molecule has 0 unspecified atom stereocenters. The quantitative estimate of drug-likeness (QED) is 0.771. The minimum atomic E-state index is -0.650. The van der Waals surface area contributed by atoms with E-state index in [0.29, 0.717) is 12.3 Å². The molecule has 1 saturated carbocycles. The fourth-order valence-corrected chi connectivity index (χ4v) is 3.60. The SMILES string of the molecule is CCCCn1c(N)c(N(Cc2ccco2)C(=O)C2CCCC2)c(=O)[nH]c1=O. The normalized spacial score (nSPS) is 14.6. The Morgan fingerprint density at radius 3 is 2.74 bits per heavy atom. The van der Waals surface area contributed by atoms with Crippen molar-refractivity contribution in [1.29, 1.82) is 0 Å². The Hall–Kier alpha value is -2.77. The van der Waals surface area contributed by atoms with Crippen LogP contribution in [0, 0.1) is 5.92 Å². The minimum Gasteiger partial charge on any atom is -0.467 e. The van der Waals surface area contributed by atoms with Crippen molar-refractivity contribution in [2.45, 2.75) is 58.5 Å². The minimum absolute atomic E-state index is 0.0232. The van der Waals surface area contributed by atoms with Gasteiger partial charge in [0.25, 0.3) is 5.56 Å². The number of nitrogens with two attached hydrogens (primary N) is 1. The summed E-state index contributed by atoms with van der Waals surface area (Å²) in [4.78, 5) is 41.7. The highest BCUT2D eigenvalue weighted by molar-refractivity contribution is 5.97. The molecule has 1 aliphatic carbocycles. The summed E-state index contributed by atoms with van der Waals surface area (Å²) in [6, 6.07) is 3.47. The summed E-state index contributed by atoms with van der Waals surface area (Å²) < 4.78 is 6.71. The molecular formula is C19H26N4O4. The van der Waals surface area contributed by atoms with E-state index in [1.165, 1.54) is 15.7 Å². The summed E-state index contributed by atoms with van der Waals surface area (Å²) in [5.74, 6) is 0.276. The fourth-order valence-electron chi connectivity index (χ4n) is 3.60. The fraction of sp³-hybridized carbons (Fsp3) is 0.526. The van der Waals surface area contributed by atoms with E-state index < -0.39 is 11.2 Å². The number of furan rings is 1. The average Bonchev–Trinajstić information content (AvgIpc) is 3.34. The maximum absolute atomic E-state index is 13.2. The highest BCUT2D eigenvalue weighted by Gasteiger charge is 2.32. The lowest BCUT2D eigenvalue weighted by atomic mass is 10.1. The molecule has 0 spiro atoms. The van der Waals surface area contributed by atoms with Crippen molar-refractivity contribution in [3.63, 3.8) is 0 Å². The number of hydrogen-bond donors (Lipinski definition) is 2. The van der Waals surface area contributed by atoms with Crippen LogP contribution in [0.3, 0.4) is 0 Å². The monoisotopic (exact) mass is 374 g/mol. The Balaban J connectivity index is 2.06. The molecular weight excluding hydrogens is 348 g/mol. The van der Waals surface area contributed by atoms with Crippen molar-refractivity contribution >= 4 is 17.4 Å². The Morgan fingerprint density at radius 2 is 2.11 bits per heavy atom. The predicted octanol–water partition coefficient (Wildman–Crippen LogP) is 2.24. The third-order valence-electron chi connectivity index (χ3n) is 5.08. The van der Waals surface area contributed by atoms with Gasteiger partial charge in [-0.25, -0.2) is 4.79 Å². The third kappa shape index (κ3) is 3.99. The van der Waals surface area contributed by atoms with E-state index in [9.17, 15) is 14.4 Å². The Labute approximate surface area is 157 Å². The number of carbonyl (C=O) groups excluding carboxylic acids is 1. The Kier molecular flexibility index (Phi) is 5.83. The number of nitrogens with zero attached hydrogens (tertiary/aromatic N) is 2. The molecule has 0 bridgehead atoms. The van der Waals surface area contributed by atoms with Crippen molar-refractivity contribution in [2.75, 3.05) is 10.6 Å². The van der Waals surface area contributed by atoms with Gasteiger partial charge >= 0.3 is 5.69 Å². The van der Waals surface area contributed by atoms with Gasteiger partial charge < -0.3 is 10.2 Å². The zero-order valence-corrected chi connectivity index (χ0v) is 15.6. The van der Waals surface area contributed by atoms with Gasteiger partial charge in [-0.2, -0.15) is 0 Å². The second-order valence-corrected chi connectivity index (χ2v) is 6.98. The van der Waals surface area contributed by atoms with Gasteiger partial charge in [-0.3, -0.25) is 24.0 Å². The first-order chi connectivity index (χ1) is 13.0. The smallest absolute Gasteiger partial charge is 0.330 e. The highest BCUT2D eigenvalue weighted by atomic mass is 16.3. The molecule has 8 nitrogen and oxygen atoms in total. The number of aromatic amines is 1. The van der Waals surface area contributed by atoms with Gasteiger partial charge in [0.2, 0.25) is 5.91 Å². The van der Waals surface area contributed by atoms with Crippen LogP contribution < -0.4 is 21.9 Å². The maximum atomic E-state index is 13.2. The van der Waals surface area contributed by atoms with Gasteiger partial charge in [-0.1, -0.05) is 26.2 Å². The van der Waals surface area contributed by atoms with Crippen LogP contribution in [0.5, 0.6) is 0 Å². The maximum Gasteiger partial charge on any atom is 0.330 e. The van der Waals surface area contributed by atoms with Gasteiger partial charge in [-0.05, 0) is 31.4 Å². The summed E-state index contributed by atoms with van der Waals surface area (Å²) in [5.41, 5.74) is 5.03. The predicted molar refractivity (Wildman–Crippen MR) is 102 cm³/mol. The van der Waals surface area contributed by atoms with E-state index >= 15 is 0 Å². The van der Waals surface area contributed by atoms with Crippen molar-refractivity contribution < 1.29 is 9.21 Å². The number of anilines is 2. The van der Waals surface area contributed by atoms with E-state index in [1.54, 1.807) is 12.1 Å². The number of rotatable bonds is 7. The summed E-state index contributed by atoms with van der Waals surface area (Å²) in [6.07, 6.45) is 6.70. The number of unbranched alkanes of at least 4 members (excludes halogenated alkanes) is 1. The van der Waals surface area contributed by atoms with E-state index in [1.807, 2.05) is 6.92 Å². The van der Waals surface area contributed by atoms with Crippen LogP contribution in [-0.4, -0.2) is 15.5 Å². The number of amides is 1. The molecule has 0 aliphatic heterocycles. The van der Waals surface area contributed by atoms with Crippen molar-refractivity contribution in [3.05, 3.63) is 45.0 Å². The molecule has 0 aromatic carbocycles. The summed E-state index contributed by atoms with van der Waals surface area (Å²) in [6.45, 7) is 2.49. The summed E-state index contributed by atoms with van der Waals surface area (Å²) >= 11 is 0. The molecule has 1 fully saturated rings. The second kappa shape index (κ2) is 8.28. The summed E-state index contributed by atoms with van der Waals surface area (Å²) in [5, 5.41) is 0. The van der Waals surface area contributed by atoms with Gasteiger partial charge in [0, 0.05) is 12.5 Å². The van der Waals surface area contributed by atoms with Crippen LogP contribution in [0.25, 0.3) is 0 Å². The van der Waals surface area contributed by atoms with Gasteiger partial charge in [0.05, 0.1) is 12.8 Å². The van der Waals surface area contributed by atoms with Gasteiger partial charge in [-0.15, -0.1) is 0 Å². The van der Waals surface area contributed by atoms with Crippen LogP contribution >= 0.6 is 0 Å². The molecule has 1 aliphatic rings. The molecule has 0 radical (unpaired) electrons. The number of nitrogens with one attached hydrogen (secondary N) is 1. The van der Waals surface area contributed by atoms with E-state index in [0.717, 1.165) is 38.5 Å². The molecule has 3 N–H and O–H groups in total. The van der Waals surface area contributed by atoms with E-state index in [4.69, 9.17) is 10.2 Å².